The van der Waals surface area contributed by atoms with Gasteiger partial charge in [-0.1, -0.05) is 6.07 Å². The minimum Gasteiger partial charge on any atom is -0.343 e. The van der Waals surface area contributed by atoms with Gasteiger partial charge >= 0.3 is 0 Å². The van der Waals surface area contributed by atoms with Gasteiger partial charge in [0, 0.05) is 36.8 Å². The van der Waals surface area contributed by atoms with Crippen LogP contribution >= 0.6 is 11.8 Å². The molecule has 0 N–H and O–H groups in total. The molecule has 1 saturated carbocycles. The lowest BCUT2D eigenvalue weighted by Crippen LogP contribution is -2.66. The molecule has 2 fully saturated rings. The molecule has 1 saturated heterocycles. The van der Waals surface area contributed by atoms with Crippen LogP contribution in [0, 0.1) is 0 Å². The van der Waals surface area contributed by atoms with Crippen molar-refractivity contribution in [1.82, 2.24) is 14.7 Å². The number of aryl methyl sites for hydroxylation is 1. The van der Waals surface area contributed by atoms with Gasteiger partial charge < -0.3 is 4.90 Å². The number of alkyl halides is 1. The van der Waals surface area contributed by atoms with Crippen LogP contribution in [0.2, 0.25) is 0 Å². The minimum atomic E-state index is -0.606. The Morgan fingerprint density at radius 2 is 2.00 bits per heavy atom. The minimum absolute atomic E-state index is 0.119. The number of rotatable bonds is 3. The summed E-state index contributed by atoms with van der Waals surface area (Å²) in [6.45, 7) is 1.79. The summed E-state index contributed by atoms with van der Waals surface area (Å²) in [5.41, 5.74) is 3.86. The van der Waals surface area contributed by atoms with Gasteiger partial charge in [-0.2, -0.15) is 5.10 Å². The fourth-order valence-electron chi connectivity index (χ4n) is 4.66. The average molecular weight is 373 g/mol. The van der Waals surface area contributed by atoms with Crippen LogP contribution in [-0.4, -0.2) is 45.5 Å². The summed E-state index contributed by atoms with van der Waals surface area (Å²) in [4.78, 5) is 6.53. The highest BCUT2D eigenvalue weighted by Gasteiger charge is 2.50. The molecule has 0 atom stereocenters. The van der Waals surface area contributed by atoms with Crippen LogP contribution in [0.3, 0.4) is 0 Å². The molecule has 1 aliphatic carbocycles. The number of thioether (sulfide) groups is 1. The predicted molar refractivity (Wildman–Crippen MR) is 104 cm³/mol. The number of halogens is 1. The number of piperidine rings is 1. The van der Waals surface area contributed by atoms with Gasteiger partial charge in [0.15, 0.2) is 0 Å². The molecule has 26 heavy (non-hydrogen) atoms. The largest absolute Gasteiger partial charge is 0.343 e. The predicted octanol–water partition coefficient (Wildman–Crippen LogP) is 4.27. The maximum atomic E-state index is 13.6. The monoisotopic (exact) mass is 372 g/mol. The van der Waals surface area contributed by atoms with Crippen molar-refractivity contribution in [2.75, 3.05) is 23.9 Å². The van der Waals surface area contributed by atoms with E-state index in [1.165, 1.54) is 35.4 Å². The van der Waals surface area contributed by atoms with E-state index in [4.69, 9.17) is 0 Å². The van der Waals surface area contributed by atoms with E-state index in [-0.39, 0.29) is 5.66 Å². The lowest BCUT2D eigenvalue weighted by Gasteiger charge is -2.57. The smallest absolute Gasteiger partial charge is 0.103 e. The normalized spacial score (nSPS) is 23.1. The number of nitrogens with zero attached hydrogens (tertiary/aromatic N) is 4. The van der Waals surface area contributed by atoms with E-state index in [1.807, 2.05) is 29.7 Å². The fourth-order valence-corrected chi connectivity index (χ4v) is 5.85. The molecule has 5 rings (SSSR count). The molecular formula is C20H25FN4S. The van der Waals surface area contributed by atoms with Crippen molar-refractivity contribution in [3.05, 3.63) is 30.6 Å². The van der Waals surface area contributed by atoms with Crippen LogP contribution in [0.5, 0.6) is 0 Å². The molecule has 3 aliphatic rings. The fraction of sp³-hybridized carbons (Fsp3) is 0.550. The Bertz CT molecular complexity index is 808. The first-order valence-electron chi connectivity index (χ1n) is 9.58. The van der Waals surface area contributed by atoms with Gasteiger partial charge in [-0.05, 0) is 49.8 Å². The van der Waals surface area contributed by atoms with Gasteiger partial charge in [-0.15, -0.1) is 11.8 Å². The van der Waals surface area contributed by atoms with Crippen molar-refractivity contribution in [2.45, 2.75) is 48.8 Å². The van der Waals surface area contributed by atoms with Crippen molar-refractivity contribution in [3.63, 3.8) is 0 Å². The zero-order valence-corrected chi connectivity index (χ0v) is 16.0. The molecule has 1 aromatic carbocycles. The SMILES string of the molecule is Cn1cc(-c2ccc3c(c2)SCN3C2(N3CCC(F)CC3)CCC2)cn1. The average Bonchev–Trinajstić information content (AvgIpc) is 3.22. The Morgan fingerprint density at radius 1 is 1.19 bits per heavy atom. The summed E-state index contributed by atoms with van der Waals surface area (Å²) in [5.74, 6) is 1.00. The van der Waals surface area contributed by atoms with Crippen LogP contribution < -0.4 is 4.90 Å². The molecule has 4 nitrogen and oxygen atoms in total. The van der Waals surface area contributed by atoms with Crippen molar-refractivity contribution in [3.8, 4) is 11.1 Å². The molecule has 0 unspecified atom stereocenters. The van der Waals surface area contributed by atoms with Crippen LogP contribution in [0.25, 0.3) is 11.1 Å². The molecule has 2 aliphatic heterocycles. The van der Waals surface area contributed by atoms with Gasteiger partial charge in [-0.3, -0.25) is 9.58 Å². The number of hydrogen-bond donors (Lipinski definition) is 0. The topological polar surface area (TPSA) is 24.3 Å². The molecule has 0 amide bonds. The second kappa shape index (κ2) is 6.27. The van der Waals surface area contributed by atoms with Crippen LogP contribution in [-0.2, 0) is 7.05 Å². The van der Waals surface area contributed by atoms with E-state index in [0.29, 0.717) is 12.8 Å². The zero-order chi connectivity index (χ0) is 17.7. The van der Waals surface area contributed by atoms with Crippen molar-refractivity contribution >= 4 is 17.4 Å². The Kier molecular flexibility index (Phi) is 4.01. The number of benzene rings is 1. The number of fused-ring (bicyclic) bond motifs is 1. The quantitative estimate of drug-likeness (QED) is 0.803. The Labute approximate surface area is 158 Å². The Morgan fingerprint density at radius 3 is 2.65 bits per heavy atom. The van der Waals surface area contributed by atoms with Crippen LogP contribution in [0.15, 0.2) is 35.5 Å². The molecule has 0 spiro atoms. The maximum absolute atomic E-state index is 13.6. The first-order valence-corrected chi connectivity index (χ1v) is 10.6. The third kappa shape index (κ3) is 2.57. The number of anilines is 1. The van der Waals surface area contributed by atoms with Gasteiger partial charge in [-0.25, -0.2) is 4.39 Å². The summed E-state index contributed by atoms with van der Waals surface area (Å²) in [6.07, 6.45) is 8.44. The molecule has 3 heterocycles. The van der Waals surface area contributed by atoms with E-state index in [0.717, 1.165) is 24.5 Å². The van der Waals surface area contributed by atoms with Gasteiger partial charge in [0.25, 0.3) is 0 Å². The number of likely N-dealkylation sites (tertiary alicyclic amines) is 1. The van der Waals surface area contributed by atoms with E-state index in [9.17, 15) is 4.39 Å². The number of aromatic nitrogens is 2. The highest BCUT2D eigenvalue weighted by atomic mass is 32.2. The highest BCUT2D eigenvalue weighted by molar-refractivity contribution is 7.99. The Balaban J connectivity index is 1.44. The molecule has 138 valence electrons. The second-order valence-corrected chi connectivity index (χ2v) is 8.77. The van der Waals surface area contributed by atoms with Gasteiger partial charge in [0.1, 0.15) is 6.17 Å². The standard InChI is InChI=1S/C20H25FN4S/c1-23-13-16(12-22-23)15-3-4-18-19(11-15)26-14-25(18)20(7-2-8-20)24-9-5-17(21)6-10-24/h3-4,11-13,17H,2,5-10,14H2,1H3. The lowest BCUT2D eigenvalue weighted by atomic mass is 9.80. The molecule has 1 aromatic heterocycles. The summed E-state index contributed by atoms with van der Waals surface area (Å²) in [5, 5.41) is 4.29. The number of hydrogen-bond acceptors (Lipinski definition) is 4. The highest BCUT2D eigenvalue weighted by Crippen LogP contribution is 2.51. The van der Waals surface area contributed by atoms with Crippen molar-refractivity contribution < 1.29 is 4.39 Å². The maximum Gasteiger partial charge on any atom is 0.103 e. The van der Waals surface area contributed by atoms with E-state index >= 15 is 0 Å². The van der Waals surface area contributed by atoms with Crippen molar-refractivity contribution in [2.24, 2.45) is 7.05 Å². The third-order valence-electron chi connectivity index (χ3n) is 6.31. The summed E-state index contributed by atoms with van der Waals surface area (Å²) < 4.78 is 15.5. The Hall–Kier alpha value is -1.53. The van der Waals surface area contributed by atoms with E-state index in [2.05, 4.69) is 39.3 Å². The first kappa shape index (κ1) is 16.6. The van der Waals surface area contributed by atoms with Crippen molar-refractivity contribution in [1.29, 1.82) is 0 Å². The summed E-state index contributed by atoms with van der Waals surface area (Å²) in [6, 6.07) is 6.80. The van der Waals surface area contributed by atoms with Gasteiger partial charge in [0.05, 0.1) is 23.4 Å². The second-order valence-electron chi connectivity index (χ2n) is 7.78. The zero-order valence-electron chi connectivity index (χ0n) is 15.2. The third-order valence-corrected chi connectivity index (χ3v) is 7.33. The first-order chi connectivity index (χ1) is 12.7. The molecule has 0 bridgehead atoms. The summed E-state index contributed by atoms with van der Waals surface area (Å²) in [7, 11) is 1.95. The van der Waals surface area contributed by atoms with Crippen LogP contribution in [0.4, 0.5) is 10.1 Å². The molecule has 0 radical (unpaired) electrons. The van der Waals surface area contributed by atoms with E-state index < -0.39 is 6.17 Å². The van der Waals surface area contributed by atoms with Gasteiger partial charge in [0.2, 0.25) is 0 Å². The van der Waals surface area contributed by atoms with Crippen LogP contribution in [0.1, 0.15) is 32.1 Å². The van der Waals surface area contributed by atoms with E-state index in [1.54, 1.807) is 0 Å². The lowest BCUT2D eigenvalue weighted by molar-refractivity contribution is -0.0127. The molecule has 6 heteroatoms. The molecule has 2 aromatic rings. The molecular weight excluding hydrogens is 347 g/mol. The summed E-state index contributed by atoms with van der Waals surface area (Å²) >= 11 is 1.93.